The molecule has 0 aliphatic carbocycles. The summed E-state index contributed by atoms with van der Waals surface area (Å²) in [6.45, 7) is 1.92. The van der Waals surface area contributed by atoms with Gasteiger partial charge in [-0.15, -0.1) is 0 Å². The number of nitrogens with two attached hydrogens (primary N) is 2. The Morgan fingerprint density at radius 1 is 1.35 bits per heavy atom. The van der Waals surface area contributed by atoms with Gasteiger partial charge in [-0.05, 0) is 36.8 Å². The molecule has 5 N–H and O–H groups in total. The van der Waals surface area contributed by atoms with Crippen molar-refractivity contribution >= 4 is 23.1 Å². The van der Waals surface area contributed by atoms with E-state index in [1.807, 2.05) is 25.1 Å². The minimum absolute atomic E-state index is 0.250. The fourth-order valence-corrected chi connectivity index (χ4v) is 1.80. The van der Waals surface area contributed by atoms with Crippen molar-refractivity contribution in [1.82, 2.24) is 4.98 Å². The van der Waals surface area contributed by atoms with Gasteiger partial charge in [-0.25, -0.2) is 4.98 Å². The zero-order valence-corrected chi connectivity index (χ0v) is 11.3. The third kappa shape index (κ3) is 2.80. The van der Waals surface area contributed by atoms with Crippen molar-refractivity contribution in [2.75, 3.05) is 18.2 Å². The maximum atomic E-state index is 11.4. The van der Waals surface area contributed by atoms with Gasteiger partial charge in [-0.1, -0.05) is 0 Å². The number of aromatic nitrogens is 1. The molecule has 1 aromatic heterocycles. The van der Waals surface area contributed by atoms with E-state index in [1.54, 1.807) is 7.11 Å². The van der Waals surface area contributed by atoms with Crippen LogP contribution in [0.2, 0.25) is 0 Å². The molecule has 2 aromatic rings. The zero-order chi connectivity index (χ0) is 14.7. The molecule has 20 heavy (non-hydrogen) atoms. The molecule has 0 fully saturated rings. The lowest BCUT2D eigenvalue weighted by Crippen LogP contribution is -2.15. The first-order valence-electron chi connectivity index (χ1n) is 5.98. The minimum atomic E-state index is -0.585. The number of anilines is 3. The number of nitrogens with zero attached hydrogens (tertiary/aromatic N) is 1. The number of rotatable bonds is 4. The molecule has 1 amide bonds. The van der Waals surface area contributed by atoms with Crippen LogP contribution in [0.25, 0.3) is 0 Å². The van der Waals surface area contributed by atoms with Crippen LogP contribution in [-0.2, 0) is 0 Å². The molecule has 104 valence electrons. The van der Waals surface area contributed by atoms with Crippen LogP contribution in [0.15, 0.2) is 30.5 Å². The quantitative estimate of drug-likeness (QED) is 0.787. The van der Waals surface area contributed by atoms with Crippen LogP contribution in [0.5, 0.6) is 5.75 Å². The van der Waals surface area contributed by atoms with Crippen molar-refractivity contribution in [1.29, 1.82) is 0 Å². The van der Waals surface area contributed by atoms with Crippen molar-refractivity contribution < 1.29 is 9.53 Å². The number of ether oxygens (including phenoxy) is 1. The van der Waals surface area contributed by atoms with Gasteiger partial charge in [0.2, 0.25) is 0 Å². The van der Waals surface area contributed by atoms with Gasteiger partial charge in [-0.3, -0.25) is 4.79 Å². The van der Waals surface area contributed by atoms with Crippen molar-refractivity contribution in [3.05, 3.63) is 41.6 Å². The van der Waals surface area contributed by atoms with E-state index in [9.17, 15) is 4.79 Å². The molecule has 0 atom stereocenters. The second-order valence-corrected chi connectivity index (χ2v) is 4.33. The Balaban J connectivity index is 2.37. The number of benzene rings is 1. The van der Waals surface area contributed by atoms with Crippen LogP contribution < -0.4 is 21.5 Å². The fraction of sp³-hybridized carbons (Fsp3) is 0.143. The second-order valence-electron chi connectivity index (χ2n) is 4.33. The number of pyridine rings is 1. The van der Waals surface area contributed by atoms with E-state index in [1.165, 1.54) is 12.3 Å². The molecule has 0 bridgehead atoms. The van der Waals surface area contributed by atoms with Crippen molar-refractivity contribution in [3.63, 3.8) is 0 Å². The van der Waals surface area contributed by atoms with Gasteiger partial charge >= 0.3 is 0 Å². The van der Waals surface area contributed by atoms with Gasteiger partial charge in [0.1, 0.15) is 11.6 Å². The molecule has 0 saturated carbocycles. The van der Waals surface area contributed by atoms with Gasteiger partial charge in [0.05, 0.1) is 24.6 Å². The lowest BCUT2D eigenvalue weighted by atomic mass is 10.1. The summed E-state index contributed by atoms with van der Waals surface area (Å²) in [6, 6.07) is 7.04. The predicted molar refractivity (Wildman–Crippen MR) is 78.2 cm³/mol. The Kier molecular flexibility index (Phi) is 3.74. The Morgan fingerprint density at radius 3 is 2.70 bits per heavy atom. The fourth-order valence-electron chi connectivity index (χ4n) is 1.80. The van der Waals surface area contributed by atoms with Crippen LogP contribution >= 0.6 is 0 Å². The second kappa shape index (κ2) is 5.48. The number of carbonyl (C=O) groups excluding carboxylic acids is 1. The molecule has 6 heteroatoms. The molecule has 0 aliphatic rings. The first-order valence-corrected chi connectivity index (χ1v) is 5.98. The van der Waals surface area contributed by atoms with Crippen LogP contribution in [-0.4, -0.2) is 18.0 Å². The van der Waals surface area contributed by atoms with Gasteiger partial charge in [0, 0.05) is 5.69 Å². The summed E-state index contributed by atoms with van der Waals surface area (Å²) in [7, 11) is 1.61. The highest BCUT2D eigenvalue weighted by atomic mass is 16.5. The number of amides is 1. The monoisotopic (exact) mass is 272 g/mol. The molecule has 2 rings (SSSR count). The molecule has 0 spiro atoms. The molecule has 0 aliphatic heterocycles. The summed E-state index contributed by atoms with van der Waals surface area (Å²) in [5.41, 5.74) is 13.3. The van der Waals surface area contributed by atoms with E-state index in [0.717, 1.165) is 17.0 Å². The van der Waals surface area contributed by atoms with Crippen LogP contribution in [0, 0.1) is 6.92 Å². The Labute approximate surface area is 116 Å². The Hall–Kier alpha value is -2.76. The maximum absolute atomic E-state index is 11.4. The van der Waals surface area contributed by atoms with E-state index in [-0.39, 0.29) is 5.56 Å². The summed E-state index contributed by atoms with van der Waals surface area (Å²) in [4.78, 5) is 15.5. The molecule has 1 heterocycles. The first-order chi connectivity index (χ1) is 9.51. The summed E-state index contributed by atoms with van der Waals surface area (Å²) in [5, 5.41) is 3.08. The number of hydrogen-bond acceptors (Lipinski definition) is 5. The minimum Gasteiger partial charge on any atom is -0.497 e. The van der Waals surface area contributed by atoms with Gasteiger partial charge in [0.15, 0.2) is 0 Å². The van der Waals surface area contributed by atoms with Crippen LogP contribution in [0.4, 0.5) is 17.2 Å². The summed E-state index contributed by atoms with van der Waals surface area (Å²) >= 11 is 0. The maximum Gasteiger partial charge on any atom is 0.252 e. The smallest absolute Gasteiger partial charge is 0.252 e. The summed E-state index contributed by atoms with van der Waals surface area (Å²) in [6.07, 6.45) is 1.47. The standard InChI is InChI=1S/C14H16N4O2/c1-8-5-10(20-2)3-4-12(8)18-14-11(13(16)19)6-9(15)7-17-14/h3-7H,15H2,1-2H3,(H2,16,19)(H,17,18). The topological polar surface area (TPSA) is 103 Å². The highest BCUT2D eigenvalue weighted by Crippen LogP contribution is 2.25. The highest BCUT2D eigenvalue weighted by molar-refractivity contribution is 5.99. The highest BCUT2D eigenvalue weighted by Gasteiger charge is 2.11. The third-order valence-corrected chi connectivity index (χ3v) is 2.86. The first kappa shape index (κ1) is 13.7. The molecule has 0 radical (unpaired) electrons. The number of hydrogen-bond donors (Lipinski definition) is 3. The lowest BCUT2D eigenvalue weighted by Gasteiger charge is -2.12. The Morgan fingerprint density at radius 2 is 2.10 bits per heavy atom. The van der Waals surface area contributed by atoms with Crippen molar-refractivity contribution in [3.8, 4) is 5.75 Å². The third-order valence-electron chi connectivity index (χ3n) is 2.86. The van der Waals surface area contributed by atoms with E-state index in [4.69, 9.17) is 16.2 Å². The van der Waals surface area contributed by atoms with Crippen LogP contribution in [0.3, 0.4) is 0 Å². The average Bonchev–Trinajstić information content (AvgIpc) is 2.42. The van der Waals surface area contributed by atoms with E-state index in [0.29, 0.717) is 11.5 Å². The van der Waals surface area contributed by atoms with Crippen LogP contribution in [0.1, 0.15) is 15.9 Å². The molecular weight excluding hydrogens is 256 g/mol. The predicted octanol–water partition coefficient (Wildman–Crippen LogP) is 1.82. The van der Waals surface area contributed by atoms with Gasteiger partial charge in [-0.2, -0.15) is 0 Å². The number of methoxy groups -OCH3 is 1. The van der Waals surface area contributed by atoms with Crippen molar-refractivity contribution in [2.24, 2.45) is 5.73 Å². The molecule has 6 nitrogen and oxygen atoms in total. The SMILES string of the molecule is COc1ccc(Nc2ncc(N)cc2C(N)=O)c(C)c1. The molecule has 0 unspecified atom stereocenters. The van der Waals surface area contributed by atoms with Gasteiger partial charge < -0.3 is 21.5 Å². The largest absolute Gasteiger partial charge is 0.497 e. The number of nitrogens with one attached hydrogen (secondary N) is 1. The summed E-state index contributed by atoms with van der Waals surface area (Å²) < 4.78 is 5.14. The number of nitrogen functional groups attached to an aromatic ring is 1. The Bertz CT molecular complexity index is 656. The molecular formula is C14H16N4O2. The van der Waals surface area contributed by atoms with E-state index < -0.39 is 5.91 Å². The van der Waals surface area contributed by atoms with E-state index in [2.05, 4.69) is 10.3 Å². The lowest BCUT2D eigenvalue weighted by molar-refractivity contribution is 0.100. The normalized spacial score (nSPS) is 10.1. The zero-order valence-electron chi connectivity index (χ0n) is 11.3. The number of carbonyl (C=O) groups is 1. The number of aryl methyl sites for hydroxylation is 1. The number of primary amides is 1. The average molecular weight is 272 g/mol. The molecule has 0 saturated heterocycles. The molecule has 1 aromatic carbocycles. The van der Waals surface area contributed by atoms with E-state index >= 15 is 0 Å². The summed E-state index contributed by atoms with van der Waals surface area (Å²) in [5.74, 6) is 0.548. The van der Waals surface area contributed by atoms with Gasteiger partial charge in [0.25, 0.3) is 5.91 Å². The van der Waals surface area contributed by atoms with Crippen molar-refractivity contribution in [2.45, 2.75) is 6.92 Å².